The molecule has 2 amide bonds. The standard InChI is InChI=1S/C23H25Cl3N2O2/c24-14-21(29)28(15-17-6-4-5-9-20(17)26)22(16-10-12-18(25)13-11-16)23(30)27-19-7-2-1-3-8-19/h4-6,9-13,19,22H,1-3,7-8,14-15H2,(H,27,30)/t22-/m1/s1. The van der Waals surface area contributed by atoms with Crippen molar-refractivity contribution in [2.24, 2.45) is 0 Å². The topological polar surface area (TPSA) is 49.4 Å². The van der Waals surface area contributed by atoms with Crippen LogP contribution in [-0.2, 0) is 16.1 Å². The fourth-order valence-corrected chi connectivity index (χ4v) is 4.33. The summed E-state index contributed by atoms with van der Waals surface area (Å²) in [5.74, 6) is -0.782. The Kier molecular flexibility index (Phi) is 8.43. The van der Waals surface area contributed by atoms with E-state index in [9.17, 15) is 9.59 Å². The van der Waals surface area contributed by atoms with E-state index in [1.165, 1.54) is 11.3 Å². The molecule has 30 heavy (non-hydrogen) atoms. The number of nitrogens with one attached hydrogen (secondary N) is 1. The van der Waals surface area contributed by atoms with Gasteiger partial charge < -0.3 is 10.2 Å². The molecular formula is C23H25Cl3N2O2. The van der Waals surface area contributed by atoms with Crippen molar-refractivity contribution in [3.05, 3.63) is 69.7 Å². The maximum Gasteiger partial charge on any atom is 0.247 e. The zero-order chi connectivity index (χ0) is 21.5. The Labute approximate surface area is 192 Å². The van der Waals surface area contributed by atoms with Gasteiger partial charge in [0.2, 0.25) is 11.8 Å². The smallest absolute Gasteiger partial charge is 0.247 e. The lowest BCUT2D eigenvalue weighted by Crippen LogP contribution is -2.47. The first-order valence-corrected chi connectivity index (χ1v) is 11.4. The van der Waals surface area contributed by atoms with Crippen LogP contribution in [0.1, 0.15) is 49.3 Å². The van der Waals surface area contributed by atoms with E-state index < -0.39 is 6.04 Å². The third kappa shape index (κ3) is 5.90. The third-order valence-corrected chi connectivity index (χ3v) is 6.28. The zero-order valence-corrected chi connectivity index (χ0v) is 18.9. The van der Waals surface area contributed by atoms with Crippen LogP contribution in [0, 0.1) is 0 Å². The van der Waals surface area contributed by atoms with Crippen LogP contribution in [0.25, 0.3) is 0 Å². The molecule has 2 aromatic rings. The lowest BCUT2D eigenvalue weighted by atomic mass is 9.94. The van der Waals surface area contributed by atoms with E-state index in [-0.39, 0.29) is 30.3 Å². The molecule has 0 spiro atoms. The summed E-state index contributed by atoms with van der Waals surface area (Å²) in [5.41, 5.74) is 1.43. The normalized spacial score (nSPS) is 15.4. The first-order valence-electron chi connectivity index (χ1n) is 10.1. The molecule has 2 aromatic carbocycles. The second-order valence-corrected chi connectivity index (χ2v) is 8.66. The van der Waals surface area contributed by atoms with E-state index in [1.54, 1.807) is 30.3 Å². The quantitative estimate of drug-likeness (QED) is 0.527. The lowest BCUT2D eigenvalue weighted by molar-refractivity contribution is -0.140. The maximum atomic E-state index is 13.4. The Hall–Kier alpha value is -1.75. The second kappa shape index (κ2) is 11.0. The molecule has 1 aliphatic carbocycles. The molecule has 7 heteroatoms. The van der Waals surface area contributed by atoms with Crippen molar-refractivity contribution in [3.63, 3.8) is 0 Å². The molecular weight excluding hydrogens is 443 g/mol. The van der Waals surface area contributed by atoms with Crippen molar-refractivity contribution in [2.75, 3.05) is 5.88 Å². The predicted octanol–water partition coefficient (Wildman–Crippen LogP) is 5.75. The van der Waals surface area contributed by atoms with Gasteiger partial charge in [0.05, 0.1) is 0 Å². The Balaban J connectivity index is 1.95. The van der Waals surface area contributed by atoms with Crippen molar-refractivity contribution in [3.8, 4) is 0 Å². The van der Waals surface area contributed by atoms with E-state index in [1.807, 2.05) is 18.2 Å². The maximum absolute atomic E-state index is 13.4. The summed E-state index contributed by atoms with van der Waals surface area (Å²) in [7, 11) is 0. The van der Waals surface area contributed by atoms with E-state index >= 15 is 0 Å². The van der Waals surface area contributed by atoms with Gasteiger partial charge >= 0.3 is 0 Å². The molecule has 0 aliphatic heterocycles. The van der Waals surface area contributed by atoms with E-state index in [0.29, 0.717) is 15.6 Å². The van der Waals surface area contributed by atoms with Gasteiger partial charge in [-0.25, -0.2) is 0 Å². The first kappa shape index (κ1) is 22.9. The molecule has 1 atom stereocenters. The number of carbonyl (C=O) groups is 2. The minimum absolute atomic E-state index is 0.120. The molecule has 0 radical (unpaired) electrons. The molecule has 160 valence electrons. The Morgan fingerprint density at radius 3 is 2.30 bits per heavy atom. The highest BCUT2D eigenvalue weighted by Crippen LogP contribution is 2.28. The number of hydrogen-bond donors (Lipinski definition) is 1. The number of rotatable bonds is 7. The van der Waals surface area contributed by atoms with E-state index in [0.717, 1.165) is 31.2 Å². The molecule has 0 unspecified atom stereocenters. The van der Waals surface area contributed by atoms with Crippen LogP contribution in [0.2, 0.25) is 10.0 Å². The van der Waals surface area contributed by atoms with Gasteiger partial charge in [0.25, 0.3) is 0 Å². The summed E-state index contributed by atoms with van der Waals surface area (Å²) < 4.78 is 0. The largest absolute Gasteiger partial charge is 0.351 e. The summed E-state index contributed by atoms with van der Waals surface area (Å²) in [6, 6.07) is 13.6. The average Bonchev–Trinajstić information content (AvgIpc) is 2.76. The van der Waals surface area contributed by atoms with Crippen molar-refractivity contribution in [2.45, 2.75) is 50.7 Å². The number of nitrogens with zero attached hydrogens (tertiary/aromatic N) is 1. The Morgan fingerprint density at radius 2 is 1.67 bits per heavy atom. The zero-order valence-electron chi connectivity index (χ0n) is 16.6. The minimum atomic E-state index is -0.827. The van der Waals surface area contributed by atoms with Crippen LogP contribution in [0.4, 0.5) is 0 Å². The first-order chi connectivity index (χ1) is 14.5. The van der Waals surface area contributed by atoms with Gasteiger partial charge in [0.15, 0.2) is 0 Å². The van der Waals surface area contributed by atoms with Crippen molar-refractivity contribution >= 4 is 46.6 Å². The van der Waals surface area contributed by atoms with Crippen LogP contribution in [0.5, 0.6) is 0 Å². The third-order valence-electron chi connectivity index (χ3n) is 5.43. The van der Waals surface area contributed by atoms with E-state index in [2.05, 4.69) is 5.32 Å². The summed E-state index contributed by atoms with van der Waals surface area (Å²) in [6.07, 6.45) is 5.29. The van der Waals surface area contributed by atoms with Crippen molar-refractivity contribution in [1.82, 2.24) is 10.2 Å². The van der Waals surface area contributed by atoms with Gasteiger partial charge in [-0.1, -0.05) is 72.8 Å². The number of halogens is 3. The van der Waals surface area contributed by atoms with E-state index in [4.69, 9.17) is 34.8 Å². The van der Waals surface area contributed by atoms with Gasteiger partial charge in [-0.05, 0) is 42.2 Å². The summed E-state index contributed by atoms with van der Waals surface area (Å²) in [5, 5.41) is 4.25. The SMILES string of the molecule is O=C(NC1CCCCC1)[C@@H](c1ccc(Cl)cc1)N(Cc1ccccc1Cl)C(=O)CCl. The number of hydrogen-bond acceptors (Lipinski definition) is 2. The second-order valence-electron chi connectivity index (χ2n) is 7.54. The van der Waals surface area contributed by atoms with Gasteiger partial charge in [-0.3, -0.25) is 9.59 Å². The summed E-state index contributed by atoms with van der Waals surface area (Å²) >= 11 is 18.3. The van der Waals surface area contributed by atoms with Crippen LogP contribution in [-0.4, -0.2) is 28.6 Å². The molecule has 0 heterocycles. The fraction of sp³-hybridized carbons (Fsp3) is 0.391. The Bertz CT molecular complexity index is 867. The summed E-state index contributed by atoms with van der Waals surface area (Å²) in [4.78, 5) is 27.8. The van der Waals surface area contributed by atoms with Gasteiger partial charge in [0, 0.05) is 22.6 Å². The molecule has 0 bridgehead atoms. The monoisotopic (exact) mass is 466 g/mol. The molecule has 3 rings (SSSR count). The number of benzene rings is 2. The van der Waals surface area contributed by atoms with Crippen LogP contribution < -0.4 is 5.32 Å². The van der Waals surface area contributed by atoms with Crippen LogP contribution >= 0.6 is 34.8 Å². The van der Waals surface area contributed by atoms with Crippen molar-refractivity contribution in [1.29, 1.82) is 0 Å². The number of amides is 2. The fourth-order valence-electron chi connectivity index (χ4n) is 3.86. The molecule has 1 saturated carbocycles. The van der Waals surface area contributed by atoms with Crippen LogP contribution in [0.3, 0.4) is 0 Å². The molecule has 1 N–H and O–H groups in total. The highest BCUT2D eigenvalue weighted by molar-refractivity contribution is 6.31. The summed E-state index contributed by atoms with van der Waals surface area (Å²) in [6.45, 7) is 0.177. The molecule has 1 fully saturated rings. The molecule has 0 aromatic heterocycles. The van der Waals surface area contributed by atoms with Gasteiger partial charge in [-0.2, -0.15) is 0 Å². The number of alkyl halides is 1. The average molecular weight is 468 g/mol. The highest BCUT2D eigenvalue weighted by atomic mass is 35.5. The lowest BCUT2D eigenvalue weighted by Gasteiger charge is -2.33. The molecule has 1 aliphatic rings. The minimum Gasteiger partial charge on any atom is -0.351 e. The van der Waals surface area contributed by atoms with Crippen LogP contribution in [0.15, 0.2) is 48.5 Å². The van der Waals surface area contributed by atoms with Gasteiger partial charge in [-0.15, -0.1) is 11.6 Å². The predicted molar refractivity (Wildman–Crippen MR) is 122 cm³/mol. The molecule has 0 saturated heterocycles. The van der Waals surface area contributed by atoms with Crippen molar-refractivity contribution < 1.29 is 9.59 Å². The number of carbonyl (C=O) groups excluding carboxylic acids is 2. The van der Waals surface area contributed by atoms with Gasteiger partial charge in [0.1, 0.15) is 11.9 Å². The Morgan fingerprint density at radius 1 is 1.00 bits per heavy atom. The highest BCUT2D eigenvalue weighted by Gasteiger charge is 2.33. The molecule has 4 nitrogen and oxygen atoms in total.